The second-order valence-electron chi connectivity index (χ2n) is 2.70. The van der Waals surface area contributed by atoms with Crippen LogP contribution in [-0.4, -0.2) is 11.1 Å². The molecule has 2 atom stereocenters. The van der Waals surface area contributed by atoms with Crippen LogP contribution < -0.4 is 0 Å². The van der Waals surface area contributed by atoms with E-state index in [0.717, 1.165) is 5.56 Å². The van der Waals surface area contributed by atoms with Crippen LogP contribution in [-0.2, 0) is 4.79 Å². The molecule has 0 radical (unpaired) electrons. The maximum atomic E-state index is 10.5. The van der Waals surface area contributed by atoms with Crippen LogP contribution in [0.3, 0.4) is 0 Å². The molecule has 0 spiro atoms. The lowest BCUT2D eigenvalue weighted by Gasteiger charge is -2.07. The Morgan fingerprint density at radius 3 is 2.67 bits per heavy atom. The molecule has 0 unspecified atom stereocenters. The maximum Gasteiger partial charge on any atom is 0.303 e. The molecule has 1 aromatic carbocycles. The maximum absolute atomic E-state index is 10.5. The van der Waals surface area contributed by atoms with E-state index in [1.807, 2.05) is 30.3 Å². The normalized spacial score (nSPS) is 16.2. The van der Waals surface area contributed by atoms with E-state index in [2.05, 4.69) is 0 Å². The molecular weight excluding hydrogens is 153 g/mol. The number of rotatable bonds is 3. The number of carboxylic acids is 1. The average Bonchev–Trinajstić information content (AvgIpc) is 2.17. The number of aliphatic carboxylic acids is 1. The number of carbonyl (C=O) groups is 1. The minimum absolute atomic E-state index is 0.265. The fourth-order valence-electron chi connectivity index (χ4n) is 1.07. The van der Waals surface area contributed by atoms with Gasteiger partial charge in [0.05, 0.1) is 6.40 Å². The van der Waals surface area contributed by atoms with E-state index < -0.39 is 12.4 Å². The molecule has 0 amide bonds. The van der Waals surface area contributed by atoms with Crippen molar-refractivity contribution in [3.8, 4) is 0 Å². The van der Waals surface area contributed by atoms with Crippen molar-refractivity contribution in [3.05, 3.63) is 35.9 Å². The molecule has 0 aliphatic heterocycles. The zero-order chi connectivity index (χ0) is 9.84. The van der Waals surface area contributed by atoms with Crippen molar-refractivity contribution in [3.63, 3.8) is 0 Å². The summed E-state index contributed by atoms with van der Waals surface area (Å²) >= 11 is 0. The first-order chi connectivity index (χ1) is 6.13. The molecule has 0 bridgehead atoms. The first-order valence-electron chi connectivity index (χ1n) is 4.40. The molecule has 12 heavy (non-hydrogen) atoms. The van der Waals surface area contributed by atoms with E-state index in [1.54, 1.807) is 6.92 Å². The van der Waals surface area contributed by atoms with E-state index in [1.165, 1.54) is 0 Å². The Kier molecular flexibility index (Phi) is 2.39. The van der Waals surface area contributed by atoms with Crippen molar-refractivity contribution in [1.82, 2.24) is 0 Å². The summed E-state index contributed by atoms with van der Waals surface area (Å²) in [5.41, 5.74) is 0.893. The topological polar surface area (TPSA) is 37.3 Å². The molecule has 0 saturated carbocycles. The highest BCUT2D eigenvalue weighted by Crippen LogP contribution is 2.17. The average molecular weight is 166 g/mol. The van der Waals surface area contributed by atoms with Gasteiger partial charge in [-0.25, -0.2) is 0 Å². The van der Waals surface area contributed by atoms with Gasteiger partial charge >= 0.3 is 5.97 Å². The van der Waals surface area contributed by atoms with Gasteiger partial charge in [0, 0.05) is 1.37 Å². The van der Waals surface area contributed by atoms with E-state index in [4.69, 9.17) is 6.48 Å². The van der Waals surface area contributed by atoms with E-state index >= 15 is 0 Å². The predicted octanol–water partition coefficient (Wildman–Crippen LogP) is 2.26. The van der Waals surface area contributed by atoms with Crippen LogP contribution >= 0.6 is 0 Å². The molecule has 2 nitrogen and oxygen atoms in total. The summed E-state index contributed by atoms with van der Waals surface area (Å²) in [5.74, 6) is -1.34. The third kappa shape index (κ3) is 2.38. The van der Waals surface area contributed by atoms with Gasteiger partial charge < -0.3 is 5.11 Å². The second kappa shape index (κ2) is 3.90. The number of carboxylic acid groups (broad SMARTS) is 1. The Bertz CT molecular complexity index is 284. The molecule has 1 rings (SSSR count). The Morgan fingerprint density at radius 1 is 1.58 bits per heavy atom. The van der Waals surface area contributed by atoms with Crippen molar-refractivity contribution in [2.24, 2.45) is 0 Å². The van der Waals surface area contributed by atoms with Crippen LogP contribution in [0.2, 0.25) is 0 Å². The summed E-state index contributed by atoms with van der Waals surface area (Å²) in [6.07, 6.45) is -1.08. The van der Waals surface area contributed by atoms with Gasteiger partial charge in [0.2, 0.25) is 0 Å². The van der Waals surface area contributed by atoms with Crippen LogP contribution in [0, 0.1) is 0 Å². The first-order valence-corrected chi connectivity index (χ1v) is 3.83. The SMILES string of the molecule is [2H][C@H](C(=O)O)[13C@H](C)c1ccccc1. The van der Waals surface area contributed by atoms with Crippen LogP contribution in [0.25, 0.3) is 0 Å². The Labute approximate surface area is 73.3 Å². The smallest absolute Gasteiger partial charge is 0.303 e. The highest BCUT2D eigenvalue weighted by atomic mass is 16.4. The van der Waals surface area contributed by atoms with Crippen LogP contribution in [0.4, 0.5) is 0 Å². The third-order valence-electron chi connectivity index (χ3n) is 1.72. The quantitative estimate of drug-likeness (QED) is 0.699. The summed E-state index contributed by atoms with van der Waals surface area (Å²) < 4.78 is 7.37. The van der Waals surface area contributed by atoms with Gasteiger partial charge in [0.1, 0.15) is 0 Å². The summed E-state index contributed by atoms with van der Waals surface area (Å²) in [6, 6.07) is 9.25. The lowest BCUT2D eigenvalue weighted by molar-refractivity contribution is -0.137. The van der Waals surface area contributed by atoms with E-state index in [0.29, 0.717) is 0 Å². The summed E-state index contributed by atoms with van der Waals surface area (Å²) in [7, 11) is 0. The molecule has 0 aliphatic carbocycles. The molecule has 64 valence electrons. The van der Waals surface area contributed by atoms with Gasteiger partial charge in [-0.3, -0.25) is 4.79 Å². The molecular formula is C10H12O2. The molecule has 0 heterocycles. The van der Waals surface area contributed by atoms with Crippen molar-refractivity contribution in [1.29, 1.82) is 0 Å². The van der Waals surface area contributed by atoms with E-state index in [9.17, 15) is 4.79 Å². The van der Waals surface area contributed by atoms with Crippen LogP contribution in [0.1, 0.15) is 26.2 Å². The van der Waals surface area contributed by atoms with E-state index in [-0.39, 0.29) is 5.92 Å². The largest absolute Gasteiger partial charge is 0.481 e. The lowest BCUT2D eigenvalue weighted by Crippen LogP contribution is -2.02. The molecule has 0 aliphatic rings. The van der Waals surface area contributed by atoms with Crippen molar-refractivity contribution in [2.75, 3.05) is 0 Å². The molecule has 1 N–H and O–H groups in total. The summed E-state index contributed by atoms with van der Waals surface area (Å²) in [5, 5.41) is 8.63. The highest BCUT2D eigenvalue weighted by Gasteiger charge is 2.08. The molecule has 2 heteroatoms. The van der Waals surface area contributed by atoms with Crippen molar-refractivity contribution < 1.29 is 11.3 Å². The van der Waals surface area contributed by atoms with Gasteiger partial charge in [0.25, 0.3) is 0 Å². The second-order valence-corrected chi connectivity index (χ2v) is 2.70. The number of hydrogen-bond acceptors (Lipinski definition) is 1. The fourth-order valence-corrected chi connectivity index (χ4v) is 1.07. The molecule has 0 aromatic heterocycles. The van der Waals surface area contributed by atoms with Gasteiger partial charge in [-0.15, -0.1) is 0 Å². The Morgan fingerprint density at radius 2 is 2.17 bits per heavy atom. The molecule has 0 fully saturated rings. The minimum atomic E-state index is -1.08. The fraction of sp³-hybridized carbons (Fsp3) is 0.300. The number of benzene rings is 1. The van der Waals surface area contributed by atoms with Gasteiger partial charge in [-0.2, -0.15) is 0 Å². The van der Waals surface area contributed by atoms with Gasteiger partial charge in [-0.1, -0.05) is 37.3 Å². The lowest BCUT2D eigenvalue weighted by atomic mass is 10.2. The van der Waals surface area contributed by atoms with Crippen molar-refractivity contribution >= 4 is 5.97 Å². The van der Waals surface area contributed by atoms with Crippen LogP contribution in [0.5, 0.6) is 0 Å². The van der Waals surface area contributed by atoms with Gasteiger partial charge in [-0.05, 0) is 11.5 Å². The molecule has 1 aromatic rings. The van der Waals surface area contributed by atoms with Gasteiger partial charge in [0.15, 0.2) is 0 Å². The Balaban J connectivity index is 2.79. The van der Waals surface area contributed by atoms with Crippen molar-refractivity contribution in [2.45, 2.75) is 19.2 Å². The highest BCUT2D eigenvalue weighted by molar-refractivity contribution is 5.67. The monoisotopic (exact) mass is 166 g/mol. The summed E-state index contributed by atoms with van der Waals surface area (Å²) in [6.45, 7) is 1.75. The third-order valence-corrected chi connectivity index (χ3v) is 1.72. The Hall–Kier alpha value is -1.31. The zero-order valence-corrected chi connectivity index (χ0v) is 6.90. The predicted molar refractivity (Wildman–Crippen MR) is 47.1 cm³/mol. The zero-order valence-electron chi connectivity index (χ0n) is 7.90. The minimum Gasteiger partial charge on any atom is -0.481 e. The molecule has 0 saturated heterocycles. The standard InChI is InChI=1S/C10H12O2/c1-8(7-10(11)12)9-5-3-2-4-6-9/h2-6,8H,7H2,1H3,(H,11,12)/t8-/m0/s1/i7D,8+1/t7-,8-. The first kappa shape index (κ1) is 7.35. The van der Waals surface area contributed by atoms with Crippen LogP contribution in [0.15, 0.2) is 30.3 Å². The summed E-state index contributed by atoms with van der Waals surface area (Å²) in [4.78, 5) is 10.5. The number of hydrogen-bond donors (Lipinski definition) is 1.